The minimum absolute atomic E-state index is 0.330. The maximum absolute atomic E-state index is 11.7. The number of amides is 1. The first-order valence-corrected chi connectivity index (χ1v) is 9.95. The third-order valence-corrected chi connectivity index (χ3v) is 5.00. The van der Waals surface area contributed by atoms with Crippen molar-refractivity contribution in [1.82, 2.24) is 15.2 Å². The molecule has 27 heavy (non-hydrogen) atoms. The number of aromatic nitrogens is 1. The van der Waals surface area contributed by atoms with Gasteiger partial charge in [0.2, 0.25) is 0 Å². The van der Waals surface area contributed by atoms with Crippen molar-refractivity contribution in [2.45, 2.75) is 51.6 Å². The second-order valence-electron chi connectivity index (χ2n) is 8.32. The zero-order chi connectivity index (χ0) is 19.3. The Bertz CT molecular complexity index is 756. The molecule has 1 aromatic heterocycles. The van der Waals surface area contributed by atoms with E-state index in [1.165, 1.54) is 16.5 Å². The molecule has 1 aliphatic rings. The zero-order valence-corrected chi connectivity index (χ0v) is 16.7. The van der Waals surface area contributed by atoms with Gasteiger partial charge in [0.15, 0.2) is 0 Å². The van der Waals surface area contributed by atoms with Gasteiger partial charge in [0.1, 0.15) is 5.60 Å². The van der Waals surface area contributed by atoms with Crippen molar-refractivity contribution in [1.29, 1.82) is 0 Å². The third kappa shape index (κ3) is 5.67. The lowest BCUT2D eigenvalue weighted by atomic mass is 9.90. The molecule has 0 atom stereocenters. The number of nitrogens with zero attached hydrogens (tertiary/aromatic N) is 2. The van der Waals surface area contributed by atoms with Crippen molar-refractivity contribution in [3.63, 3.8) is 0 Å². The molecule has 0 spiro atoms. The van der Waals surface area contributed by atoms with E-state index >= 15 is 0 Å². The van der Waals surface area contributed by atoms with Crippen molar-refractivity contribution < 1.29 is 9.53 Å². The minimum Gasteiger partial charge on any atom is -0.444 e. The van der Waals surface area contributed by atoms with Gasteiger partial charge < -0.3 is 15.0 Å². The molecule has 1 amide bonds. The average Bonchev–Trinajstić information content (AvgIpc) is 2.64. The Balaban J connectivity index is 1.42. The molecule has 1 saturated heterocycles. The van der Waals surface area contributed by atoms with E-state index in [0.717, 1.165) is 38.9 Å². The molecule has 5 heteroatoms. The van der Waals surface area contributed by atoms with E-state index in [1.807, 2.05) is 27.0 Å². The first kappa shape index (κ1) is 19.6. The number of piperidine rings is 1. The summed E-state index contributed by atoms with van der Waals surface area (Å²) in [7, 11) is 0. The molecule has 5 nitrogen and oxygen atoms in total. The number of likely N-dealkylation sites (tertiary alicyclic amines) is 1. The van der Waals surface area contributed by atoms with Gasteiger partial charge in [0, 0.05) is 24.0 Å². The topological polar surface area (TPSA) is 54.5 Å². The van der Waals surface area contributed by atoms with E-state index < -0.39 is 5.60 Å². The summed E-state index contributed by atoms with van der Waals surface area (Å²) in [5.74, 6) is 0.534. The number of rotatable bonds is 5. The number of fused-ring (bicyclic) bond motifs is 1. The van der Waals surface area contributed by atoms with Crippen molar-refractivity contribution in [2.75, 3.05) is 26.2 Å². The van der Waals surface area contributed by atoms with Crippen LogP contribution in [-0.4, -0.2) is 47.8 Å². The third-order valence-electron chi connectivity index (χ3n) is 5.00. The lowest BCUT2D eigenvalue weighted by molar-refractivity contribution is 0.0525. The smallest absolute Gasteiger partial charge is 0.407 e. The molecule has 1 fully saturated rings. The number of nitrogens with one attached hydrogen (secondary N) is 1. The molecule has 0 radical (unpaired) electrons. The Morgan fingerprint density at radius 1 is 1.22 bits per heavy atom. The number of carbonyl (C=O) groups is 1. The summed E-state index contributed by atoms with van der Waals surface area (Å²) in [6.45, 7) is 9.46. The SMILES string of the molecule is CC(C)(C)OC(=O)NCCCN1CCC(c2nccc3ccccc23)CC1. The highest BCUT2D eigenvalue weighted by molar-refractivity contribution is 5.84. The highest BCUT2D eigenvalue weighted by Gasteiger charge is 2.23. The van der Waals surface area contributed by atoms with E-state index in [9.17, 15) is 4.79 Å². The van der Waals surface area contributed by atoms with Crippen LogP contribution in [0.15, 0.2) is 36.5 Å². The molecule has 0 saturated carbocycles. The van der Waals surface area contributed by atoms with Gasteiger partial charge in [-0.1, -0.05) is 24.3 Å². The molecule has 0 bridgehead atoms. The van der Waals surface area contributed by atoms with Gasteiger partial charge in [-0.3, -0.25) is 4.98 Å². The Morgan fingerprint density at radius 2 is 1.96 bits per heavy atom. The molecule has 146 valence electrons. The summed E-state index contributed by atoms with van der Waals surface area (Å²) in [6.07, 6.45) is 4.83. The average molecular weight is 370 g/mol. The lowest BCUT2D eigenvalue weighted by Gasteiger charge is -2.32. The lowest BCUT2D eigenvalue weighted by Crippen LogP contribution is -2.37. The zero-order valence-electron chi connectivity index (χ0n) is 16.7. The normalized spacial score (nSPS) is 16.4. The van der Waals surface area contributed by atoms with Crippen LogP contribution in [0.1, 0.15) is 51.6 Å². The van der Waals surface area contributed by atoms with Gasteiger partial charge in [0.05, 0.1) is 5.69 Å². The molecular weight excluding hydrogens is 338 g/mol. The van der Waals surface area contributed by atoms with E-state index in [4.69, 9.17) is 9.72 Å². The highest BCUT2D eigenvalue weighted by Crippen LogP contribution is 2.31. The number of hydrogen-bond donors (Lipinski definition) is 1. The second kappa shape index (κ2) is 8.70. The summed E-state index contributed by atoms with van der Waals surface area (Å²) in [6, 6.07) is 10.6. The first-order valence-electron chi connectivity index (χ1n) is 9.95. The van der Waals surface area contributed by atoms with Crippen LogP contribution in [0.5, 0.6) is 0 Å². The molecule has 1 N–H and O–H groups in total. The largest absolute Gasteiger partial charge is 0.444 e. The van der Waals surface area contributed by atoms with Gasteiger partial charge in [0.25, 0.3) is 0 Å². The number of hydrogen-bond acceptors (Lipinski definition) is 4. The Hall–Kier alpha value is -2.14. The van der Waals surface area contributed by atoms with Crippen LogP contribution in [0, 0.1) is 0 Å². The number of benzene rings is 1. The van der Waals surface area contributed by atoms with Crippen LogP contribution in [0.4, 0.5) is 4.79 Å². The highest BCUT2D eigenvalue weighted by atomic mass is 16.6. The number of pyridine rings is 1. The monoisotopic (exact) mass is 369 g/mol. The minimum atomic E-state index is -0.443. The molecule has 2 aromatic rings. The summed E-state index contributed by atoms with van der Waals surface area (Å²) in [5.41, 5.74) is 0.807. The van der Waals surface area contributed by atoms with Crippen LogP contribution in [0.2, 0.25) is 0 Å². The van der Waals surface area contributed by atoms with Gasteiger partial charge in [-0.2, -0.15) is 0 Å². The fraction of sp³-hybridized carbons (Fsp3) is 0.545. The van der Waals surface area contributed by atoms with E-state index in [1.54, 1.807) is 0 Å². The van der Waals surface area contributed by atoms with Gasteiger partial charge in [-0.25, -0.2) is 4.79 Å². The fourth-order valence-electron chi connectivity index (χ4n) is 3.71. The molecule has 1 aliphatic heterocycles. The van der Waals surface area contributed by atoms with Crippen LogP contribution < -0.4 is 5.32 Å². The maximum Gasteiger partial charge on any atom is 0.407 e. The predicted molar refractivity (Wildman–Crippen MR) is 109 cm³/mol. The molecule has 0 aliphatic carbocycles. The van der Waals surface area contributed by atoms with E-state index in [-0.39, 0.29) is 6.09 Å². The van der Waals surface area contributed by atoms with E-state index in [2.05, 4.69) is 40.5 Å². The molecule has 0 unspecified atom stereocenters. The number of carbonyl (C=O) groups excluding carboxylic acids is 1. The molecule has 1 aromatic carbocycles. The Labute approximate surface area is 162 Å². The van der Waals surface area contributed by atoms with E-state index in [0.29, 0.717) is 12.5 Å². The Kier molecular flexibility index (Phi) is 6.32. The molecular formula is C22H31N3O2. The predicted octanol–water partition coefficient (Wildman–Crippen LogP) is 4.33. The van der Waals surface area contributed by atoms with Crippen LogP contribution >= 0.6 is 0 Å². The Morgan fingerprint density at radius 3 is 2.70 bits per heavy atom. The summed E-state index contributed by atoms with van der Waals surface area (Å²) < 4.78 is 5.26. The molecule has 2 heterocycles. The van der Waals surface area contributed by atoms with Gasteiger partial charge >= 0.3 is 6.09 Å². The van der Waals surface area contributed by atoms with Crippen molar-refractivity contribution in [3.05, 3.63) is 42.2 Å². The second-order valence-corrected chi connectivity index (χ2v) is 8.32. The van der Waals surface area contributed by atoms with Crippen LogP contribution in [0.25, 0.3) is 10.8 Å². The summed E-state index contributed by atoms with van der Waals surface area (Å²) in [5, 5.41) is 5.40. The standard InChI is InChI=1S/C22H31N3O2/c1-22(2,3)27-21(26)24-12-6-14-25-15-10-18(11-16-25)20-19-8-5-4-7-17(19)9-13-23-20/h4-5,7-9,13,18H,6,10-12,14-16H2,1-3H3,(H,24,26). The van der Waals surface area contributed by atoms with Gasteiger partial charge in [-0.05, 0) is 71.1 Å². The van der Waals surface area contributed by atoms with Crippen LogP contribution in [0.3, 0.4) is 0 Å². The molecule has 3 rings (SSSR count). The van der Waals surface area contributed by atoms with Crippen molar-refractivity contribution in [3.8, 4) is 0 Å². The summed E-state index contributed by atoms with van der Waals surface area (Å²) in [4.78, 5) is 18.8. The van der Waals surface area contributed by atoms with Crippen LogP contribution in [-0.2, 0) is 4.74 Å². The fourth-order valence-corrected chi connectivity index (χ4v) is 3.71. The number of ether oxygens (including phenoxy) is 1. The summed E-state index contributed by atoms with van der Waals surface area (Å²) >= 11 is 0. The quantitative estimate of drug-likeness (QED) is 0.797. The van der Waals surface area contributed by atoms with Crippen molar-refractivity contribution in [2.24, 2.45) is 0 Å². The van der Waals surface area contributed by atoms with Gasteiger partial charge in [-0.15, -0.1) is 0 Å². The van der Waals surface area contributed by atoms with Crippen molar-refractivity contribution >= 4 is 16.9 Å². The number of alkyl carbamates (subject to hydrolysis) is 1. The first-order chi connectivity index (χ1) is 12.9. The maximum atomic E-state index is 11.7.